The van der Waals surface area contributed by atoms with Gasteiger partial charge >= 0.3 is 5.97 Å². The molecule has 1 amide bonds. The highest BCUT2D eigenvalue weighted by Gasteiger charge is 2.36. The van der Waals surface area contributed by atoms with Gasteiger partial charge in [-0.05, 0) is 74.2 Å². The van der Waals surface area contributed by atoms with Crippen molar-refractivity contribution in [3.05, 3.63) is 54.3 Å². The van der Waals surface area contributed by atoms with Crippen LogP contribution in [0.4, 0.5) is 10.1 Å². The van der Waals surface area contributed by atoms with Crippen molar-refractivity contribution in [2.45, 2.75) is 69.1 Å². The van der Waals surface area contributed by atoms with E-state index < -0.39 is 27.7 Å². The highest BCUT2D eigenvalue weighted by Crippen LogP contribution is 2.33. The van der Waals surface area contributed by atoms with Crippen LogP contribution in [0.2, 0.25) is 0 Å². The van der Waals surface area contributed by atoms with E-state index in [0.29, 0.717) is 18.6 Å². The van der Waals surface area contributed by atoms with Crippen LogP contribution in [0.25, 0.3) is 0 Å². The van der Waals surface area contributed by atoms with Gasteiger partial charge in [0.05, 0.1) is 16.5 Å². The fourth-order valence-corrected chi connectivity index (χ4v) is 6.28. The number of amides is 1. The summed E-state index contributed by atoms with van der Waals surface area (Å²) in [5.41, 5.74) is 0.164. The standard InChI is InChI=1S/C26H30FNO5S/c27-21-11-17-24(18-12-21)34(31,32)28(25(29)19-7-3-1-4-8-19)22-13-15-23(16-14-22)33-26(30)20-9-5-2-6-10-20/h11-20H,1-10H2. The lowest BCUT2D eigenvalue weighted by molar-refractivity contribution is -0.140. The Morgan fingerprint density at radius 1 is 0.765 bits per heavy atom. The number of carbonyl (C=O) groups excluding carboxylic acids is 2. The SMILES string of the molecule is O=C(Oc1ccc(N(C(=O)C2CCCCC2)S(=O)(=O)c2ccc(F)cc2)cc1)C1CCCCC1. The lowest BCUT2D eigenvalue weighted by atomic mass is 9.88. The Balaban J connectivity index is 1.61. The van der Waals surface area contributed by atoms with Crippen molar-refractivity contribution in [3.63, 3.8) is 0 Å². The molecule has 4 rings (SSSR count). The second-order valence-electron chi connectivity index (χ2n) is 9.15. The van der Waals surface area contributed by atoms with Crippen molar-refractivity contribution in [1.29, 1.82) is 0 Å². The Bertz CT molecular complexity index is 1100. The van der Waals surface area contributed by atoms with Gasteiger partial charge in [0.15, 0.2) is 0 Å². The molecule has 2 aromatic carbocycles. The van der Waals surface area contributed by atoms with Crippen LogP contribution in [-0.2, 0) is 19.6 Å². The summed E-state index contributed by atoms with van der Waals surface area (Å²) in [6.45, 7) is 0. The number of hydrogen-bond acceptors (Lipinski definition) is 5. The van der Waals surface area contributed by atoms with E-state index in [1.54, 1.807) is 0 Å². The van der Waals surface area contributed by atoms with Crippen molar-refractivity contribution in [3.8, 4) is 5.75 Å². The first-order chi connectivity index (χ1) is 16.4. The zero-order valence-corrected chi connectivity index (χ0v) is 19.9. The first kappa shape index (κ1) is 24.4. The summed E-state index contributed by atoms with van der Waals surface area (Å²) in [5.74, 6) is -1.53. The molecule has 0 unspecified atom stereocenters. The Morgan fingerprint density at radius 3 is 1.85 bits per heavy atom. The van der Waals surface area contributed by atoms with Crippen LogP contribution in [0, 0.1) is 17.7 Å². The Labute approximate surface area is 200 Å². The van der Waals surface area contributed by atoms with Crippen molar-refractivity contribution in [2.75, 3.05) is 4.31 Å². The van der Waals surface area contributed by atoms with Gasteiger partial charge in [-0.1, -0.05) is 38.5 Å². The molecule has 2 fully saturated rings. The lowest BCUT2D eigenvalue weighted by Crippen LogP contribution is -2.41. The topological polar surface area (TPSA) is 80.8 Å². The maximum atomic E-state index is 13.5. The number of sulfonamides is 1. The molecule has 0 heterocycles. The van der Waals surface area contributed by atoms with Gasteiger partial charge in [-0.15, -0.1) is 0 Å². The molecule has 2 aromatic rings. The summed E-state index contributed by atoms with van der Waals surface area (Å²) in [6.07, 6.45) is 8.81. The zero-order valence-electron chi connectivity index (χ0n) is 19.1. The molecule has 182 valence electrons. The summed E-state index contributed by atoms with van der Waals surface area (Å²) in [7, 11) is -4.26. The van der Waals surface area contributed by atoms with Gasteiger partial charge in [0.2, 0.25) is 5.91 Å². The van der Waals surface area contributed by atoms with Crippen LogP contribution < -0.4 is 9.04 Å². The van der Waals surface area contributed by atoms with E-state index >= 15 is 0 Å². The van der Waals surface area contributed by atoms with Crippen LogP contribution >= 0.6 is 0 Å². The summed E-state index contributed by atoms with van der Waals surface area (Å²) in [4.78, 5) is 25.7. The number of benzene rings is 2. The molecule has 0 aromatic heterocycles. The summed E-state index contributed by atoms with van der Waals surface area (Å²) < 4.78 is 46.7. The lowest BCUT2D eigenvalue weighted by Gasteiger charge is -2.29. The average Bonchev–Trinajstić information content (AvgIpc) is 2.86. The monoisotopic (exact) mass is 487 g/mol. The number of ether oxygens (including phenoxy) is 1. The van der Waals surface area contributed by atoms with Crippen LogP contribution in [0.15, 0.2) is 53.4 Å². The minimum absolute atomic E-state index is 0.114. The van der Waals surface area contributed by atoms with Gasteiger partial charge < -0.3 is 4.74 Å². The molecule has 0 bridgehead atoms. The van der Waals surface area contributed by atoms with E-state index in [-0.39, 0.29) is 22.5 Å². The zero-order chi connectivity index (χ0) is 24.1. The molecular formula is C26H30FNO5S. The van der Waals surface area contributed by atoms with Crippen molar-refractivity contribution >= 4 is 27.6 Å². The quantitative estimate of drug-likeness (QED) is 0.391. The third-order valence-corrected chi connectivity index (χ3v) is 8.47. The number of halogens is 1. The Morgan fingerprint density at radius 2 is 1.29 bits per heavy atom. The number of rotatable bonds is 6. The van der Waals surface area contributed by atoms with Crippen LogP contribution in [0.5, 0.6) is 5.75 Å². The molecule has 34 heavy (non-hydrogen) atoms. The Hall–Kier alpha value is -2.74. The molecule has 0 saturated heterocycles. The maximum Gasteiger partial charge on any atom is 0.314 e. The van der Waals surface area contributed by atoms with Gasteiger partial charge in [0.25, 0.3) is 10.0 Å². The van der Waals surface area contributed by atoms with E-state index in [4.69, 9.17) is 4.74 Å². The Kier molecular flexibility index (Phi) is 7.66. The molecule has 0 radical (unpaired) electrons. The van der Waals surface area contributed by atoms with Crippen molar-refractivity contribution in [1.82, 2.24) is 0 Å². The molecule has 2 aliphatic rings. The average molecular weight is 488 g/mol. The summed E-state index contributed by atoms with van der Waals surface area (Å²) in [5, 5.41) is 0. The molecule has 2 saturated carbocycles. The third kappa shape index (κ3) is 5.49. The smallest absolute Gasteiger partial charge is 0.314 e. The second kappa shape index (κ2) is 10.7. The second-order valence-corrected chi connectivity index (χ2v) is 10.9. The number of hydrogen-bond donors (Lipinski definition) is 0. The van der Waals surface area contributed by atoms with E-state index in [2.05, 4.69) is 0 Å². The minimum Gasteiger partial charge on any atom is -0.426 e. The predicted molar refractivity (Wildman–Crippen MR) is 126 cm³/mol. The van der Waals surface area contributed by atoms with Crippen LogP contribution in [-0.4, -0.2) is 20.3 Å². The van der Waals surface area contributed by atoms with Gasteiger partial charge in [-0.25, -0.2) is 17.1 Å². The van der Waals surface area contributed by atoms with Gasteiger partial charge in [0, 0.05) is 5.92 Å². The number of carbonyl (C=O) groups is 2. The molecule has 0 aliphatic heterocycles. The van der Waals surface area contributed by atoms with Gasteiger partial charge in [-0.3, -0.25) is 9.59 Å². The van der Waals surface area contributed by atoms with E-state index in [1.165, 1.54) is 24.3 Å². The number of anilines is 1. The van der Waals surface area contributed by atoms with E-state index in [1.807, 2.05) is 0 Å². The molecule has 0 N–H and O–H groups in total. The predicted octanol–water partition coefficient (Wildman–Crippen LogP) is 5.61. The minimum atomic E-state index is -4.26. The first-order valence-corrected chi connectivity index (χ1v) is 13.5. The van der Waals surface area contributed by atoms with Crippen molar-refractivity contribution in [2.24, 2.45) is 11.8 Å². The fraction of sp³-hybridized carbons (Fsp3) is 0.462. The van der Waals surface area contributed by atoms with Crippen LogP contribution in [0.1, 0.15) is 64.2 Å². The van der Waals surface area contributed by atoms with E-state index in [9.17, 15) is 22.4 Å². The maximum absolute atomic E-state index is 13.5. The number of nitrogens with zero attached hydrogens (tertiary/aromatic N) is 1. The molecule has 2 aliphatic carbocycles. The van der Waals surface area contributed by atoms with Gasteiger partial charge in [-0.2, -0.15) is 0 Å². The first-order valence-electron chi connectivity index (χ1n) is 12.0. The summed E-state index contributed by atoms with van der Waals surface area (Å²) in [6, 6.07) is 10.4. The molecule has 6 nitrogen and oxygen atoms in total. The largest absolute Gasteiger partial charge is 0.426 e. The highest BCUT2D eigenvalue weighted by molar-refractivity contribution is 7.93. The normalized spacial score (nSPS) is 17.8. The van der Waals surface area contributed by atoms with Gasteiger partial charge in [0.1, 0.15) is 11.6 Å². The van der Waals surface area contributed by atoms with Crippen molar-refractivity contribution < 1.29 is 27.1 Å². The summed E-state index contributed by atoms with van der Waals surface area (Å²) >= 11 is 0. The highest BCUT2D eigenvalue weighted by atomic mass is 32.2. The molecule has 8 heteroatoms. The fourth-order valence-electron chi connectivity index (χ4n) is 4.80. The molecule has 0 spiro atoms. The third-order valence-electron chi connectivity index (χ3n) is 6.73. The van der Waals surface area contributed by atoms with E-state index in [0.717, 1.165) is 79.9 Å². The molecule has 0 atom stereocenters. The molecular weight excluding hydrogens is 457 g/mol. The number of esters is 1. The van der Waals surface area contributed by atoms with Crippen LogP contribution in [0.3, 0.4) is 0 Å².